The van der Waals surface area contributed by atoms with Crippen LogP contribution in [0.4, 0.5) is 5.69 Å². The number of imide groups is 1. The van der Waals surface area contributed by atoms with Crippen LogP contribution >= 0.6 is 46.4 Å². The van der Waals surface area contributed by atoms with Gasteiger partial charge in [-0.25, -0.2) is 0 Å². The van der Waals surface area contributed by atoms with E-state index in [4.69, 9.17) is 51.1 Å². The Morgan fingerprint density at radius 1 is 0.762 bits per heavy atom. The quantitative estimate of drug-likeness (QED) is 0.184. The number of benzene rings is 4. The van der Waals surface area contributed by atoms with Crippen molar-refractivity contribution in [3.63, 3.8) is 0 Å². The van der Waals surface area contributed by atoms with E-state index in [0.717, 1.165) is 4.90 Å². The van der Waals surface area contributed by atoms with Crippen LogP contribution in [0.1, 0.15) is 22.3 Å². The molecule has 210 valence electrons. The number of ether oxygens (including phenoxy) is 1. The molecule has 2 bridgehead atoms. The van der Waals surface area contributed by atoms with Gasteiger partial charge >= 0.3 is 0 Å². The number of carbonyl (C=O) groups excluding carboxylic acids is 3. The molecule has 0 unspecified atom stereocenters. The Hall–Kier alpha value is -3.55. The summed E-state index contributed by atoms with van der Waals surface area (Å²) >= 11 is 27.0. The maximum Gasteiger partial charge on any atom is 0.244 e. The van der Waals surface area contributed by atoms with Crippen molar-refractivity contribution in [2.75, 3.05) is 11.9 Å². The second kappa shape index (κ2) is 9.75. The van der Waals surface area contributed by atoms with Crippen molar-refractivity contribution >= 4 is 69.8 Å². The van der Waals surface area contributed by atoms with Gasteiger partial charge in [-0.05, 0) is 64.7 Å². The zero-order valence-electron chi connectivity index (χ0n) is 21.6. The molecule has 3 amide bonds. The fourth-order valence-electron chi connectivity index (χ4n) is 6.52. The summed E-state index contributed by atoms with van der Waals surface area (Å²) in [4.78, 5) is 39.3. The molecule has 10 heteroatoms. The second-order valence-corrected chi connectivity index (χ2v) is 12.5. The monoisotopic (exact) mass is 636 g/mol. The molecular weight excluding hydrogens is 618 g/mol. The van der Waals surface area contributed by atoms with E-state index in [1.165, 1.54) is 0 Å². The number of anilines is 1. The Labute approximate surface area is 261 Å². The van der Waals surface area contributed by atoms with Crippen molar-refractivity contribution in [1.29, 1.82) is 0 Å². The van der Waals surface area contributed by atoms with Crippen molar-refractivity contribution in [3.05, 3.63) is 123 Å². The summed E-state index contributed by atoms with van der Waals surface area (Å²) in [7, 11) is 0. The van der Waals surface area contributed by atoms with Gasteiger partial charge in [-0.1, -0.05) is 71.7 Å². The molecule has 1 fully saturated rings. The van der Waals surface area contributed by atoms with Gasteiger partial charge in [0.25, 0.3) is 0 Å². The zero-order valence-corrected chi connectivity index (χ0v) is 24.6. The van der Waals surface area contributed by atoms with E-state index in [2.05, 4.69) is 5.32 Å². The normalized spacial score (nSPS) is 25.1. The number of rotatable bonds is 5. The van der Waals surface area contributed by atoms with Crippen LogP contribution in [0.25, 0.3) is 0 Å². The number of nitrogens with one attached hydrogen (secondary N) is 1. The second-order valence-electron chi connectivity index (χ2n) is 10.5. The van der Waals surface area contributed by atoms with Crippen LogP contribution in [-0.2, 0) is 24.1 Å². The van der Waals surface area contributed by atoms with Gasteiger partial charge in [-0.15, -0.1) is 23.2 Å². The first-order valence-electron chi connectivity index (χ1n) is 13.1. The van der Waals surface area contributed by atoms with Crippen molar-refractivity contribution in [3.8, 4) is 11.5 Å². The highest BCUT2D eigenvalue weighted by Gasteiger charge is 2.73. The Kier molecular flexibility index (Phi) is 6.33. The number of alkyl halides is 2. The summed E-state index contributed by atoms with van der Waals surface area (Å²) in [6, 6.07) is 26.3. The first-order chi connectivity index (χ1) is 20.1. The number of hydrogen-bond donors (Lipinski definition) is 1. The SMILES string of the molecule is O=C(CN1C(=O)[C@@H]2[C@@H](C1=O)C1(Cl)c3ccccc3C2(Cl)c2ccccc21)Nc1ccc(Oc2ccc(Cl)cc2Cl)cc1. The molecule has 0 aromatic heterocycles. The van der Waals surface area contributed by atoms with Crippen LogP contribution in [0.2, 0.25) is 10.0 Å². The van der Waals surface area contributed by atoms with Crippen LogP contribution in [0, 0.1) is 11.8 Å². The molecule has 1 heterocycles. The lowest BCUT2D eigenvalue weighted by molar-refractivity contribution is -0.142. The number of halogens is 4. The molecule has 0 spiro atoms. The Balaban J connectivity index is 1.13. The summed E-state index contributed by atoms with van der Waals surface area (Å²) in [5.41, 5.74) is 3.27. The molecule has 1 aliphatic heterocycles. The average Bonchev–Trinajstić information content (AvgIpc) is 3.24. The Bertz CT molecular complexity index is 1690. The van der Waals surface area contributed by atoms with Gasteiger partial charge in [0.2, 0.25) is 17.7 Å². The number of likely N-dealkylation sites (tertiary alicyclic amines) is 1. The number of hydrogen-bond acceptors (Lipinski definition) is 4. The molecule has 4 aliphatic rings. The van der Waals surface area contributed by atoms with Crippen molar-refractivity contribution < 1.29 is 19.1 Å². The zero-order chi connectivity index (χ0) is 29.4. The van der Waals surface area contributed by atoms with Crippen LogP contribution in [0.15, 0.2) is 91.0 Å². The highest BCUT2D eigenvalue weighted by molar-refractivity contribution is 6.36. The standard InChI is InChI=1S/C32H20Cl4N2O4/c33-17-9-14-25(24(34)15-17)42-19-12-10-18(11-13-19)37-26(39)16-38-29(40)27-28(30(38)41)32(36)21-6-2-1-5-20(21)31(27,35)22-7-3-4-8-23(22)32/h1-15,27-28H,16H2,(H,37,39)/t27-,28-,31?,32?/m0/s1. The largest absolute Gasteiger partial charge is 0.456 e. The van der Waals surface area contributed by atoms with Gasteiger partial charge in [0.05, 0.1) is 16.9 Å². The molecule has 8 rings (SSSR count). The van der Waals surface area contributed by atoms with Crippen LogP contribution < -0.4 is 10.1 Å². The van der Waals surface area contributed by atoms with E-state index in [0.29, 0.717) is 49.5 Å². The Morgan fingerprint density at radius 3 is 1.74 bits per heavy atom. The van der Waals surface area contributed by atoms with E-state index in [9.17, 15) is 14.4 Å². The molecule has 3 aliphatic carbocycles. The lowest BCUT2D eigenvalue weighted by Gasteiger charge is -2.54. The molecule has 0 saturated carbocycles. The Morgan fingerprint density at radius 2 is 1.26 bits per heavy atom. The van der Waals surface area contributed by atoms with E-state index in [-0.39, 0.29) is 0 Å². The van der Waals surface area contributed by atoms with Crippen LogP contribution in [0.5, 0.6) is 11.5 Å². The molecule has 6 nitrogen and oxygen atoms in total. The van der Waals surface area contributed by atoms with E-state index in [1.807, 2.05) is 48.5 Å². The molecule has 42 heavy (non-hydrogen) atoms. The fraction of sp³-hybridized carbons (Fsp3) is 0.156. The van der Waals surface area contributed by atoms with Gasteiger partial charge in [0.1, 0.15) is 27.8 Å². The van der Waals surface area contributed by atoms with Crippen molar-refractivity contribution in [1.82, 2.24) is 4.90 Å². The predicted molar refractivity (Wildman–Crippen MR) is 161 cm³/mol. The summed E-state index contributed by atoms with van der Waals surface area (Å²) in [6.07, 6.45) is 0. The first kappa shape index (κ1) is 27.3. The lowest BCUT2D eigenvalue weighted by Crippen LogP contribution is -2.57. The molecule has 1 N–H and O–H groups in total. The molecular formula is C32H20Cl4N2O4. The predicted octanol–water partition coefficient (Wildman–Crippen LogP) is 7.32. The van der Waals surface area contributed by atoms with Crippen molar-refractivity contribution in [2.24, 2.45) is 11.8 Å². The summed E-state index contributed by atoms with van der Waals surface area (Å²) in [6.45, 7) is -0.476. The van der Waals surface area contributed by atoms with Gasteiger partial charge in [0, 0.05) is 10.7 Å². The molecule has 0 radical (unpaired) electrons. The van der Waals surface area contributed by atoms with E-state index >= 15 is 0 Å². The maximum atomic E-state index is 13.9. The lowest BCUT2D eigenvalue weighted by atomic mass is 9.54. The highest BCUT2D eigenvalue weighted by atomic mass is 35.5. The minimum Gasteiger partial charge on any atom is -0.456 e. The number of carbonyl (C=O) groups is 3. The van der Waals surface area contributed by atoms with E-state index in [1.54, 1.807) is 42.5 Å². The van der Waals surface area contributed by atoms with Gasteiger partial charge < -0.3 is 10.1 Å². The summed E-state index contributed by atoms with van der Waals surface area (Å²) in [5.74, 6) is -2.59. The van der Waals surface area contributed by atoms with E-state index < -0.39 is 45.9 Å². The number of amides is 3. The smallest absolute Gasteiger partial charge is 0.244 e. The summed E-state index contributed by atoms with van der Waals surface area (Å²) in [5, 5.41) is 3.59. The topological polar surface area (TPSA) is 75.7 Å². The molecule has 2 atom stereocenters. The molecule has 4 aromatic rings. The molecule has 4 aromatic carbocycles. The first-order valence-corrected chi connectivity index (χ1v) is 14.6. The number of nitrogens with zero attached hydrogens (tertiary/aromatic N) is 1. The van der Waals surface area contributed by atoms with Gasteiger partial charge in [-0.2, -0.15) is 0 Å². The third-order valence-corrected chi connectivity index (χ3v) is 10.1. The maximum absolute atomic E-state index is 13.9. The van der Waals surface area contributed by atoms with Gasteiger partial charge in [-0.3, -0.25) is 19.3 Å². The van der Waals surface area contributed by atoms with Crippen LogP contribution in [-0.4, -0.2) is 29.2 Å². The highest BCUT2D eigenvalue weighted by Crippen LogP contribution is 2.69. The minimum atomic E-state index is -1.30. The minimum absolute atomic E-state index is 0.359. The average molecular weight is 638 g/mol. The van der Waals surface area contributed by atoms with Crippen LogP contribution in [0.3, 0.4) is 0 Å². The van der Waals surface area contributed by atoms with Gasteiger partial charge in [0.15, 0.2) is 0 Å². The third kappa shape index (κ3) is 3.82. The fourth-order valence-corrected chi connectivity index (χ4v) is 8.06. The van der Waals surface area contributed by atoms with Crippen molar-refractivity contribution in [2.45, 2.75) is 9.75 Å². The third-order valence-electron chi connectivity index (χ3n) is 8.24. The summed E-state index contributed by atoms with van der Waals surface area (Å²) < 4.78 is 5.79. The molecule has 1 saturated heterocycles.